The van der Waals surface area contributed by atoms with Gasteiger partial charge in [-0.15, -0.1) is 4.47 Å². The summed E-state index contributed by atoms with van der Waals surface area (Å²) in [5, 5.41) is 0. The lowest BCUT2D eigenvalue weighted by molar-refractivity contribution is 0.143. The molecule has 0 radical (unpaired) electrons. The van der Waals surface area contributed by atoms with E-state index in [0.717, 1.165) is 17.3 Å². The van der Waals surface area contributed by atoms with Crippen molar-refractivity contribution in [1.29, 1.82) is 0 Å². The topological polar surface area (TPSA) is 49.8 Å². The molecule has 1 aromatic carbocycles. The lowest BCUT2D eigenvalue weighted by atomic mass is 10.1. The largest absolute Gasteiger partial charge is 0.288 e. The maximum Gasteiger partial charge on any atom is 0.286 e. The molecule has 1 atom stereocenters. The van der Waals surface area contributed by atoms with Crippen LogP contribution in [-0.2, 0) is 16.1 Å². The molecule has 0 spiro atoms. The highest BCUT2D eigenvalue weighted by Gasteiger charge is 2.12. The molecule has 0 bridgehead atoms. The van der Waals surface area contributed by atoms with Crippen molar-refractivity contribution in [3.63, 3.8) is 0 Å². The zero-order valence-corrected chi connectivity index (χ0v) is 16.5. The maximum atomic E-state index is 11.4. The lowest BCUT2D eigenvalue weighted by Gasteiger charge is -2.18. The van der Waals surface area contributed by atoms with E-state index < -0.39 is 11.3 Å². The van der Waals surface area contributed by atoms with Crippen LogP contribution in [0.1, 0.15) is 84.0 Å². The van der Waals surface area contributed by atoms with E-state index in [-0.39, 0.29) is 0 Å². The first-order valence-corrected chi connectivity index (χ1v) is 10.9. The molecule has 0 amide bonds. The fourth-order valence-corrected chi connectivity index (χ4v) is 3.32. The first kappa shape index (κ1) is 22.1. The molecule has 0 heterocycles. The molecule has 1 rings (SSSR count). The Bertz CT molecular complexity index is 442. The Morgan fingerprint density at radius 1 is 0.840 bits per heavy atom. The van der Waals surface area contributed by atoms with Crippen LogP contribution in [0.4, 0.5) is 5.69 Å². The standard InChI is InChI=1S/C20H35NO3S/c1-2-3-4-5-6-7-8-9-10-11-12-16-19-24-21(25(22)23)20-17-14-13-15-18-20/h13-15,17-18H,2-12,16,19H2,1H3,(H,22,23). The molecule has 144 valence electrons. The fraction of sp³-hybridized carbons (Fsp3) is 0.700. The van der Waals surface area contributed by atoms with E-state index in [0.29, 0.717) is 12.3 Å². The average molecular weight is 370 g/mol. The van der Waals surface area contributed by atoms with Crippen LogP contribution in [0.25, 0.3) is 0 Å². The number of para-hydroxylation sites is 1. The van der Waals surface area contributed by atoms with E-state index in [2.05, 4.69) is 6.92 Å². The Hall–Kier alpha value is -0.910. The van der Waals surface area contributed by atoms with Gasteiger partial charge in [-0.3, -0.25) is 9.39 Å². The molecular formula is C20H35NO3S. The minimum absolute atomic E-state index is 0.471. The monoisotopic (exact) mass is 369 g/mol. The van der Waals surface area contributed by atoms with Gasteiger partial charge in [-0.05, 0) is 18.6 Å². The molecule has 0 fully saturated rings. The summed E-state index contributed by atoms with van der Waals surface area (Å²) >= 11 is -2.16. The molecule has 1 aromatic rings. The number of hydrogen-bond acceptors (Lipinski definition) is 2. The maximum absolute atomic E-state index is 11.4. The summed E-state index contributed by atoms with van der Waals surface area (Å²) in [6, 6.07) is 9.03. The van der Waals surface area contributed by atoms with Gasteiger partial charge in [0.1, 0.15) is 0 Å². The smallest absolute Gasteiger partial charge is 0.286 e. The number of unbranched alkanes of at least 4 members (excludes halogenated alkanes) is 11. The molecule has 4 nitrogen and oxygen atoms in total. The number of benzene rings is 1. The van der Waals surface area contributed by atoms with Crippen LogP contribution in [0.5, 0.6) is 0 Å². The summed E-state index contributed by atoms with van der Waals surface area (Å²) in [5.41, 5.74) is 0.599. The van der Waals surface area contributed by atoms with Crippen molar-refractivity contribution in [1.82, 2.24) is 0 Å². The fourth-order valence-electron chi connectivity index (χ4n) is 2.85. The van der Waals surface area contributed by atoms with Gasteiger partial charge in [0.25, 0.3) is 11.3 Å². The first-order chi connectivity index (χ1) is 12.3. The molecule has 0 aliphatic rings. The third kappa shape index (κ3) is 11.3. The van der Waals surface area contributed by atoms with Crippen molar-refractivity contribution >= 4 is 17.0 Å². The van der Waals surface area contributed by atoms with Gasteiger partial charge in [-0.2, -0.15) is 0 Å². The van der Waals surface area contributed by atoms with Crippen LogP contribution in [0, 0.1) is 0 Å². The van der Waals surface area contributed by atoms with Crippen LogP contribution >= 0.6 is 0 Å². The third-order valence-corrected chi connectivity index (χ3v) is 4.92. The second-order valence-corrected chi connectivity index (χ2v) is 7.34. The van der Waals surface area contributed by atoms with Crippen LogP contribution in [0.2, 0.25) is 0 Å². The zero-order chi connectivity index (χ0) is 18.2. The van der Waals surface area contributed by atoms with Crippen molar-refractivity contribution in [2.24, 2.45) is 0 Å². The van der Waals surface area contributed by atoms with Gasteiger partial charge in [0.2, 0.25) is 0 Å². The highest BCUT2D eigenvalue weighted by Crippen LogP contribution is 2.16. The Morgan fingerprint density at radius 2 is 1.32 bits per heavy atom. The molecule has 1 N–H and O–H groups in total. The van der Waals surface area contributed by atoms with Gasteiger partial charge in [-0.25, -0.2) is 4.21 Å². The molecule has 1 unspecified atom stereocenters. The van der Waals surface area contributed by atoms with Crippen molar-refractivity contribution in [3.8, 4) is 0 Å². The molecule has 0 aliphatic heterocycles. The summed E-state index contributed by atoms with van der Waals surface area (Å²) in [7, 11) is 0. The van der Waals surface area contributed by atoms with E-state index >= 15 is 0 Å². The van der Waals surface area contributed by atoms with Crippen LogP contribution in [0.15, 0.2) is 30.3 Å². The highest BCUT2D eigenvalue weighted by molar-refractivity contribution is 7.80. The van der Waals surface area contributed by atoms with Gasteiger partial charge < -0.3 is 0 Å². The van der Waals surface area contributed by atoms with E-state index in [9.17, 15) is 8.76 Å². The van der Waals surface area contributed by atoms with Crippen molar-refractivity contribution in [2.45, 2.75) is 84.0 Å². The zero-order valence-electron chi connectivity index (χ0n) is 15.7. The second kappa shape index (κ2) is 15.4. The van der Waals surface area contributed by atoms with Crippen LogP contribution in [-0.4, -0.2) is 15.4 Å². The summed E-state index contributed by atoms with van der Waals surface area (Å²) in [6.45, 7) is 2.73. The molecule has 0 aliphatic carbocycles. The molecule has 0 saturated heterocycles. The van der Waals surface area contributed by atoms with E-state index in [1.165, 1.54) is 64.2 Å². The Labute approximate surface area is 156 Å². The Morgan fingerprint density at radius 3 is 1.80 bits per heavy atom. The molecule has 0 aromatic heterocycles. The van der Waals surface area contributed by atoms with Gasteiger partial charge in [0, 0.05) is 0 Å². The number of hydrogen-bond donors (Lipinski definition) is 1. The Balaban J connectivity index is 1.96. The van der Waals surface area contributed by atoms with E-state index in [1.54, 1.807) is 12.1 Å². The predicted molar refractivity (Wildman–Crippen MR) is 107 cm³/mol. The molecule has 25 heavy (non-hydrogen) atoms. The number of nitrogens with zero attached hydrogens (tertiary/aromatic N) is 1. The minimum Gasteiger partial charge on any atom is -0.288 e. The van der Waals surface area contributed by atoms with Crippen LogP contribution in [0.3, 0.4) is 0 Å². The Kier molecular flexibility index (Phi) is 13.6. The quantitative estimate of drug-likeness (QED) is 0.212. The van der Waals surface area contributed by atoms with Gasteiger partial charge >= 0.3 is 0 Å². The SMILES string of the molecule is CCCCCCCCCCCCCCON(c1ccccc1)S(=O)O. The summed E-state index contributed by atoms with van der Waals surface area (Å²) in [5.74, 6) is 0. The number of anilines is 1. The molecular weight excluding hydrogens is 334 g/mol. The lowest BCUT2D eigenvalue weighted by Crippen LogP contribution is -2.26. The normalized spacial score (nSPS) is 12.2. The van der Waals surface area contributed by atoms with Gasteiger partial charge in [-0.1, -0.05) is 95.8 Å². The minimum atomic E-state index is -2.16. The average Bonchev–Trinajstić information content (AvgIpc) is 2.62. The molecule has 5 heteroatoms. The molecule has 0 saturated carbocycles. The predicted octanol–water partition coefficient (Wildman–Crippen LogP) is 6.26. The van der Waals surface area contributed by atoms with Gasteiger partial charge in [0.15, 0.2) is 0 Å². The summed E-state index contributed by atoms with van der Waals surface area (Å²) in [6.07, 6.45) is 15.5. The van der Waals surface area contributed by atoms with Crippen LogP contribution < -0.4 is 4.47 Å². The number of rotatable bonds is 16. The highest BCUT2D eigenvalue weighted by atomic mass is 32.2. The first-order valence-electron chi connectivity index (χ1n) is 9.84. The van der Waals surface area contributed by atoms with E-state index in [1.807, 2.05) is 18.2 Å². The van der Waals surface area contributed by atoms with Crippen molar-refractivity contribution < 1.29 is 13.6 Å². The van der Waals surface area contributed by atoms with E-state index in [4.69, 9.17) is 4.84 Å². The second-order valence-electron chi connectivity index (χ2n) is 6.55. The van der Waals surface area contributed by atoms with Gasteiger partial charge in [0.05, 0.1) is 12.3 Å². The summed E-state index contributed by atoms with van der Waals surface area (Å²) < 4.78 is 21.8. The third-order valence-electron chi connectivity index (χ3n) is 4.32. The van der Waals surface area contributed by atoms with Crippen molar-refractivity contribution in [2.75, 3.05) is 11.1 Å². The summed E-state index contributed by atoms with van der Waals surface area (Å²) in [4.78, 5) is 5.46. The van der Waals surface area contributed by atoms with Crippen molar-refractivity contribution in [3.05, 3.63) is 30.3 Å².